The van der Waals surface area contributed by atoms with Crippen LogP contribution in [0.1, 0.15) is 17.3 Å². The Hall–Kier alpha value is -0.680. The molecule has 3 nitrogen and oxygen atoms in total. The minimum absolute atomic E-state index is 0.295. The van der Waals surface area contributed by atoms with Gasteiger partial charge in [0.2, 0.25) is 0 Å². The lowest BCUT2D eigenvalue weighted by atomic mass is 10.1. The first-order valence-electron chi connectivity index (χ1n) is 5.31. The van der Waals surface area contributed by atoms with Crippen LogP contribution in [-0.2, 0) is 0 Å². The average molecular weight is 318 g/mol. The molecular weight excluding hydrogens is 302 g/mol. The zero-order chi connectivity index (χ0) is 12.8. The van der Waals surface area contributed by atoms with E-state index in [4.69, 9.17) is 5.11 Å². The van der Waals surface area contributed by atoms with E-state index in [2.05, 4.69) is 34.4 Å². The third-order valence-corrected chi connectivity index (χ3v) is 3.88. The van der Waals surface area contributed by atoms with Crippen LogP contribution in [-0.4, -0.2) is 29.6 Å². The second-order valence-corrected chi connectivity index (χ2v) is 5.67. The summed E-state index contributed by atoms with van der Waals surface area (Å²) in [4.78, 5) is 11.1. The van der Waals surface area contributed by atoms with Crippen molar-refractivity contribution in [2.24, 2.45) is 5.92 Å². The van der Waals surface area contributed by atoms with Crippen molar-refractivity contribution >= 4 is 39.3 Å². The van der Waals surface area contributed by atoms with E-state index in [1.807, 2.05) is 6.07 Å². The van der Waals surface area contributed by atoms with Crippen LogP contribution >= 0.6 is 27.7 Å². The van der Waals surface area contributed by atoms with Crippen molar-refractivity contribution in [1.82, 2.24) is 0 Å². The van der Waals surface area contributed by atoms with Gasteiger partial charge in [-0.1, -0.05) is 13.0 Å². The molecule has 0 radical (unpaired) electrons. The number of carboxylic acid groups (broad SMARTS) is 1. The van der Waals surface area contributed by atoms with E-state index >= 15 is 0 Å². The summed E-state index contributed by atoms with van der Waals surface area (Å²) in [6.45, 7) is 2.92. The largest absolute Gasteiger partial charge is 0.478 e. The van der Waals surface area contributed by atoms with Gasteiger partial charge in [-0.3, -0.25) is 0 Å². The van der Waals surface area contributed by atoms with Gasteiger partial charge in [0.15, 0.2) is 0 Å². The summed E-state index contributed by atoms with van der Waals surface area (Å²) < 4.78 is 0.604. The second-order valence-electron chi connectivity index (χ2n) is 3.91. The molecule has 0 fully saturated rings. The molecule has 0 bridgehead atoms. The molecule has 0 aromatic heterocycles. The van der Waals surface area contributed by atoms with Gasteiger partial charge < -0.3 is 10.4 Å². The summed E-state index contributed by atoms with van der Waals surface area (Å²) in [5.74, 6) is 0.645. The number of hydrogen-bond acceptors (Lipinski definition) is 3. The molecule has 1 aromatic carbocycles. The normalized spacial score (nSPS) is 12.2. The van der Waals surface area contributed by atoms with Crippen molar-refractivity contribution in [3.05, 3.63) is 28.2 Å². The number of halogens is 1. The van der Waals surface area contributed by atoms with Gasteiger partial charge in [-0.15, -0.1) is 0 Å². The Bertz CT molecular complexity index is 398. The average Bonchev–Trinajstić information content (AvgIpc) is 2.26. The summed E-state index contributed by atoms with van der Waals surface area (Å²) in [6.07, 6.45) is 2.07. The number of carboxylic acids is 1. The van der Waals surface area contributed by atoms with Gasteiger partial charge in [-0.25, -0.2) is 4.79 Å². The molecule has 0 amide bonds. The molecule has 0 aliphatic carbocycles. The van der Waals surface area contributed by atoms with E-state index in [-0.39, 0.29) is 0 Å². The van der Waals surface area contributed by atoms with Crippen LogP contribution in [0.15, 0.2) is 22.7 Å². The monoisotopic (exact) mass is 317 g/mol. The van der Waals surface area contributed by atoms with Crippen molar-refractivity contribution in [2.45, 2.75) is 6.92 Å². The van der Waals surface area contributed by atoms with E-state index in [0.29, 0.717) is 21.6 Å². The van der Waals surface area contributed by atoms with Gasteiger partial charge in [0.1, 0.15) is 0 Å². The first-order chi connectivity index (χ1) is 8.06. The Balaban J connectivity index is 2.77. The summed E-state index contributed by atoms with van der Waals surface area (Å²) in [5.41, 5.74) is 0.962. The number of hydrogen-bond donors (Lipinski definition) is 2. The lowest BCUT2D eigenvalue weighted by molar-refractivity contribution is 0.0697. The zero-order valence-corrected chi connectivity index (χ0v) is 12.3. The number of rotatable bonds is 6. The molecule has 0 saturated carbocycles. The Kier molecular flexibility index (Phi) is 5.85. The molecule has 1 unspecified atom stereocenters. The molecule has 2 N–H and O–H groups in total. The summed E-state index contributed by atoms with van der Waals surface area (Å²) in [5, 5.41) is 12.3. The lowest BCUT2D eigenvalue weighted by Gasteiger charge is -2.14. The molecule has 1 atom stereocenters. The second kappa shape index (κ2) is 6.91. The van der Waals surface area contributed by atoms with Crippen LogP contribution in [0.3, 0.4) is 0 Å². The lowest BCUT2D eigenvalue weighted by Crippen LogP contribution is -2.15. The Morgan fingerprint density at radius 2 is 2.29 bits per heavy atom. The molecule has 1 aromatic rings. The molecule has 5 heteroatoms. The molecule has 1 rings (SSSR count). The predicted octanol–water partition coefficient (Wildman–Crippen LogP) is 3.56. The molecule has 0 spiro atoms. The highest BCUT2D eigenvalue weighted by Gasteiger charge is 2.14. The molecular formula is C12H16BrNO2S. The van der Waals surface area contributed by atoms with Gasteiger partial charge in [-0.2, -0.15) is 11.8 Å². The number of aromatic carboxylic acids is 1. The van der Waals surface area contributed by atoms with Crippen LogP contribution in [0.5, 0.6) is 0 Å². The molecule has 0 saturated heterocycles. The molecule has 0 aliphatic heterocycles. The third kappa shape index (κ3) is 4.24. The molecule has 0 aliphatic rings. The maximum Gasteiger partial charge on any atom is 0.338 e. The van der Waals surface area contributed by atoms with Gasteiger partial charge >= 0.3 is 5.97 Å². The van der Waals surface area contributed by atoms with Crippen LogP contribution in [0.4, 0.5) is 5.69 Å². The quantitative estimate of drug-likeness (QED) is 0.842. The van der Waals surface area contributed by atoms with E-state index in [9.17, 15) is 4.79 Å². The highest BCUT2D eigenvalue weighted by atomic mass is 79.9. The summed E-state index contributed by atoms with van der Waals surface area (Å²) in [6, 6.07) is 5.36. The summed E-state index contributed by atoms with van der Waals surface area (Å²) in [7, 11) is 0. The van der Waals surface area contributed by atoms with Gasteiger partial charge in [0.05, 0.1) is 5.56 Å². The van der Waals surface area contributed by atoms with E-state index in [1.54, 1.807) is 23.9 Å². The number of anilines is 1. The van der Waals surface area contributed by atoms with Crippen molar-refractivity contribution in [1.29, 1.82) is 0 Å². The van der Waals surface area contributed by atoms with Crippen LogP contribution in [0.2, 0.25) is 0 Å². The maximum absolute atomic E-state index is 11.1. The standard InChI is InChI=1S/C12H16BrNO2S/c1-8(7-17-2)6-14-10-5-3-4-9(13)11(10)12(15)16/h3-5,8,14H,6-7H2,1-2H3,(H,15,16). The number of thioether (sulfide) groups is 1. The van der Waals surface area contributed by atoms with Crippen molar-refractivity contribution < 1.29 is 9.90 Å². The van der Waals surface area contributed by atoms with E-state index in [1.165, 1.54) is 0 Å². The number of carbonyl (C=O) groups is 1. The zero-order valence-electron chi connectivity index (χ0n) is 9.87. The van der Waals surface area contributed by atoms with Crippen molar-refractivity contribution in [3.63, 3.8) is 0 Å². The predicted molar refractivity (Wildman–Crippen MR) is 77.1 cm³/mol. The Labute approximate surface area is 114 Å². The Morgan fingerprint density at radius 1 is 1.59 bits per heavy atom. The Morgan fingerprint density at radius 3 is 2.88 bits per heavy atom. The van der Waals surface area contributed by atoms with Crippen molar-refractivity contribution in [3.8, 4) is 0 Å². The van der Waals surface area contributed by atoms with Crippen LogP contribution < -0.4 is 5.32 Å². The first-order valence-corrected chi connectivity index (χ1v) is 7.49. The molecule has 0 heterocycles. The fourth-order valence-electron chi connectivity index (χ4n) is 1.52. The third-order valence-electron chi connectivity index (χ3n) is 2.32. The summed E-state index contributed by atoms with van der Waals surface area (Å²) >= 11 is 5.05. The van der Waals surface area contributed by atoms with Gasteiger partial charge in [-0.05, 0) is 46.0 Å². The van der Waals surface area contributed by atoms with Crippen molar-refractivity contribution in [2.75, 3.05) is 23.9 Å². The smallest absolute Gasteiger partial charge is 0.338 e. The number of benzene rings is 1. The number of nitrogens with one attached hydrogen (secondary N) is 1. The topological polar surface area (TPSA) is 49.3 Å². The van der Waals surface area contributed by atoms with Crippen LogP contribution in [0, 0.1) is 5.92 Å². The minimum atomic E-state index is -0.919. The fourth-order valence-corrected chi connectivity index (χ4v) is 2.74. The molecule has 94 valence electrons. The fraction of sp³-hybridized carbons (Fsp3) is 0.417. The van der Waals surface area contributed by atoms with E-state index in [0.717, 1.165) is 12.3 Å². The maximum atomic E-state index is 11.1. The van der Waals surface area contributed by atoms with Gasteiger partial charge in [0, 0.05) is 16.7 Å². The van der Waals surface area contributed by atoms with Crippen LogP contribution in [0.25, 0.3) is 0 Å². The van der Waals surface area contributed by atoms with E-state index < -0.39 is 5.97 Å². The SMILES string of the molecule is CSCC(C)CNc1cccc(Br)c1C(=O)O. The molecule has 17 heavy (non-hydrogen) atoms. The first kappa shape index (κ1) is 14.4. The highest BCUT2D eigenvalue weighted by Crippen LogP contribution is 2.25. The minimum Gasteiger partial charge on any atom is -0.478 e. The van der Waals surface area contributed by atoms with Gasteiger partial charge in [0.25, 0.3) is 0 Å². The highest BCUT2D eigenvalue weighted by molar-refractivity contribution is 9.10.